The standard InChI is InChI=1S/C19H25N7O5/c1-30-15-6-3-2-5-14(15)19(27)24-23-18-16(26(28)29)17(21-13-22-18)20-7-4-8-25-9-11-31-12-10-25/h2-3,5-6,13H,4,7-12H2,1H3,(H,24,27)(H2,20,21,22,23). The van der Waals surface area contributed by atoms with Crippen molar-refractivity contribution in [3.05, 3.63) is 46.3 Å². The van der Waals surface area contributed by atoms with Crippen LogP contribution in [0.4, 0.5) is 17.3 Å². The van der Waals surface area contributed by atoms with Crippen LogP contribution >= 0.6 is 0 Å². The number of nitro groups is 1. The molecule has 0 unspecified atom stereocenters. The summed E-state index contributed by atoms with van der Waals surface area (Å²) >= 11 is 0. The molecule has 0 atom stereocenters. The third-order valence-corrected chi connectivity index (χ3v) is 4.70. The quantitative estimate of drug-likeness (QED) is 0.286. The first-order valence-electron chi connectivity index (χ1n) is 9.83. The van der Waals surface area contributed by atoms with Crippen LogP contribution < -0.4 is 20.9 Å². The fourth-order valence-electron chi connectivity index (χ4n) is 3.12. The van der Waals surface area contributed by atoms with Crippen LogP contribution in [0.15, 0.2) is 30.6 Å². The van der Waals surface area contributed by atoms with Crippen molar-refractivity contribution in [1.82, 2.24) is 20.3 Å². The summed E-state index contributed by atoms with van der Waals surface area (Å²) < 4.78 is 10.5. The maximum Gasteiger partial charge on any atom is 0.354 e. The summed E-state index contributed by atoms with van der Waals surface area (Å²) in [6.45, 7) is 4.57. The van der Waals surface area contributed by atoms with E-state index < -0.39 is 10.8 Å². The number of hydrogen-bond acceptors (Lipinski definition) is 10. The summed E-state index contributed by atoms with van der Waals surface area (Å²) in [6.07, 6.45) is 1.98. The average Bonchev–Trinajstić information content (AvgIpc) is 2.80. The average molecular weight is 431 g/mol. The minimum Gasteiger partial charge on any atom is -0.496 e. The van der Waals surface area contributed by atoms with Crippen LogP contribution in [-0.2, 0) is 4.74 Å². The summed E-state index contributed by atoms with van der Waals surface area (Å²) in [5.41, 5.74) is 4.85. The monoisotopic (exact) mass is 431 g/mol. The molecule has 3 rings (SSSR count). The molecule has 0 spiro atoms. The predicted molar refractivity (Wildman–Crippen MR) is 113 cm³/mol. The number of amides is 1. The highest BCUT2D eigenvalue weighted by Gasteiger charge is 2.23. The molecule has 1 aromatic carbocycles. The lowest BCUT2D eigenvalue weighted by Gasteiger charge is -2.26. The van der Waals surface area contributed by atoms with E-state index in [2.05, 4.69) is 31.0 Å². The maximum atomic E-state index is 12.4. The van der Waals surface area contributed by atoms with Crippen molar-refractivity contribution in [2.45, 2.75) is 6.42 Å². The van der Waals surface area contributed by atoms with Crippen molar-refractivity contribution in [2.24, 2.45) is 0 Å². The van der Waals surface area contributed by atoms with Gasteiger partial charge in [0.2, 0.25) is 11.6 Å². The smallest absolute Gasteiger partial charge is 0.354 e. The third kappa shape index (κ3) is 5.99. The molecule has 3 N–H and O–H groups in total. The number of aromatic nitrogens is 2. The number of anilines is 2. The van der Waals surface area contributed by atoms with Gasteiger partial charge in [-0.15, -0.1) is 0 Å². The molecule has 12 nitrogen and oxygen atoms in total. The minimum atomic E-state index is -0.595. The summed E-state index contributed by atoms with van der Waals surface area (Å²) in [7, 11) is 1.45. The number of rotatable bonds is 10. The number of benzene rings is 1. The molecule has 166 valence electrons. The fraction of sp³-hybridized carbons (Fsp3) is 0.421. The molecule has 31 heavy (non-hydrogen) atoms. The van der Waals surface area contributed by atoms with Crippen LogP contribution in [0.5, 0.6) is 5.75 Å². The van der Waals surface area contributed by atoms with Gasteiger partial charge in [-0.25, -0.2) is 9.97 Å². The van der Waals surface area contributed by atoms with Crippen LogP contribution in [0.2, 0.25) is 0 Å². The number of carbonyl (C=O) groups excluding carboxylic acids is 1. The van der Waals surface area contributed by atoms with Gasteiger partial charge in [-0.2, -0.15) is 0 Å². The molecule has 0 saturated carbocycles. The lowest BCUT2D eigenvalue weighted by molar-refractivity contribution is -0.383. The zero-order valence-corrected chi connectivity index (χ0v) is 17.2. The Balaban J connectivity index is 1.61. The Morgan fingerprint density at radius 1 is 1.26 bits per heavy atom. The van der Waals surface area contributed by atoms with E-state index in [1.807, 2.05) is 0 Å². The zero-order chi connectivity index (χ0) is 22.1. The first-order valence-corrected chi connectivity index (χ1v) is 9.83. The number of nitrogens with one attached hydrogen (secondary N) is 3. The molecular weight excluding hydrogens is 406 g/mol. The Morgan fingerprint density at radius 2 is 2.00 bits per heavy atom. The first-order chi connectivity index (χ1) is 15.1. The molecule has 1 aliphatic heterocycles. The van der Waals surface area contributed by atoms with Crippen molar-refractivity contribution in [3.8, 4) is 5.75 Å². The van der Waals surface area contributed by atoms with Crippen molar-refractivity contribution in [3.63, 3.8) is 0 Å². The Kier molecular flexibility index (Phi) is 7.90. The highest BCUT2D eigenvalue weighted by Crippen LogP contribution is 2.28. The molecule has 1 saturated heterocycles. The van der Waals surface area contributed by atoms with E-state index in [1.54, 1.807) is 24.3 Å². The highest BCUT2D eigenvalue weighted by molar-refractivity contribution is 5.97. The van der Waals surface area contributed by atoms with Crippen LogP contribution in [-0.4, -0.2) is 72.2 Å². The second kappa shape index (κ2) is 11.0. The largest absolute Gasteiger partial charge is 0.496 e. The van der Waals surface area contributed by atoms with Crippen LogP contribution in [0, 0.1) is 10.1 Å². The highest BCUT2D eigenvalue weighted by atomic mass is 16.6. The van der Waals surface area contributed by atoms with Gasteiger partial charge in [0.05, 0.1) is 30.8 Å². The van der Waals surface area contributed by atoms with E-state index in [1.165, 1.54) is 13.4 Å². The van der Waals surface area contributed by atoms with Gasteiger partial charge in [0.15, 0.2) is 0 Å². The van der Waals surface area contributed by atoms with E-state index in [-0.39, 0.29) is 22.9 Å². The Hall–Kier alpha value is -3.51. The molecule has 2 heterocycles. The summed E-state index contributed by atoms with van der Waals surface area (Å²) in [6, 6.07) is 6.63. The second-order valence-electron chi connectivity index (χ2n) is 6.69. The second-order valence-corrected chi connectivity index (χ2v) is 6.69. The molecule has 0 radical (unpaired) electrons. The summed E-state index contributed by atoms with van der Waals surface area (Å²) in [5, 5.41) is 14.6. The number of nitrogens with zero attached hydrogens (tertiary/aromatic N) is 4. The van der Waals surface area contributed by atoms with Gasteiger partial charge in [0, 0.05) is 19.6 Å². The van der Waals surface area contributed by atoms with Crippen LogP contribution in [0.25, 0.3) is 0 Å². The van der Waals surface area contributed by atoms with Gasteiger partial charge in [0.1, 0.15) is 12.1 Å². The predicted octanol–water partition coefficient (Wildman–Crippen LogP) is 1.28. The van der Waals surface area contributed by atoms with E-state index >= 15 is 0 Å². The molecule has 0 bridgehead atoms. The van der Waals surface area contributed by atoms with Gasteiger partial charge >= 0.3 is 5.69 Å². The number of para-hydroxylation sites is 1. The molecule has 1 fully saturated rings. The molecule has 0 aliphatic carbocycles. The lowest BCUT2D eigenvalue weighted by atomic mass is 10.2. The Morgan fingerprint density at radius 3 is 2.74 bits per heavy atom. The first kappa shape index (κ1) is 22.2. The molecule has 1 amide bonds. The normalized spacial score (nSPS) is 14.0. The minimum absolute atomic E-state index is 0.0796. The molecule has 12 heteroatoms. The Bertz CT molecular complexity index is 905. The number of methoxy groups -OCH3 is 1. The van der Waals surface area contributed by atoms with Crippen molar-refractivity contribution < 1.29 is 19.2 Å². The number of ether oxygens (including phenoxy) is 2. The SMILES string of the molecule is COc1ccccc1C(=O)NNc1ncnc(NCCCN2CCOCC2)c1[N+](=O)[O-]. The number of carbonyl (C=O) groups is 1. The number of hydrogen-bond donors (Lipinski definition) is 3. The van der Waals surface area contributed by atoms with E-state index in [4.69, 9.17) is 9.47 Å². The summed E-state index contributed by atoms with van der Waals surface area (Å²) in [5.74, 6) is -0.193. The molecule has 2 aromatic rings. The third-order valence-electron chi connectivity index (χ3n) is 4.70. The van der Waals surface area contributed by atoms with Gasteiger partial charge in [-0.3, -0.25) is 30.7 Å². The number of morpholine rings is 1. The van der Waals surface area contributed by atoms with Crippen molar-refractivity contribution in [2.75, 3.05) is 57.2 Å². The van der Waals surface area contributed by atoms with E-state index in [0.29, 0.717) is 12.3 Å². The van der Waals surface area contributed by atoms with Gasteiger partial charge in [-0.05, 0) is 25.1 Å². The van der Waals surface area contributed by atoms with Gasteiger partial charge in [0.25, 0.3) is 5.91 Å². The Labute approximate surface area is 179 Å². The van der Waals surface area contributed by atoms with E-state index in [9.17, 15) is 14.9 Å². The summed E-state index contributed by atoms with van der Waals surface area (Å²) in [4.78, 5) is 33.6. The van der Waals surface area contributed by atoms with Gasteiger partial charge in [-0.1, -0.05) is 12.1 Å². The van der Waals surface area contributed by atoms with E-state index in [0.717, 1.165) is 39.3 Å². The fourth-order valence-corrected chi connectivity index (χ4v) is 3.12. The van der Waals surface area contributed by atoms with Crippen molar-refractivity contribution >= 4 is 23.2 Å². The molecule has 1 aromatic heterocycles. The topological polar surface area (TPSA) is 144 Å². The molecular formula is C19H25N7O5. The van der Waals surface area contributed by atoms with Gasteiger partial charge < -0.3 is 14.8 Å². The van der Waals surface area contributed by atoms with Crippen LogP contribution in [0.3, 0.4) is 0 Å². The number of hydrazine groups is 1. The van der Waals surface area contributed by atoms with Crippen molar-refractivity contribution in [1.29, 1.82) is 0 Å². The van der Waals surface area contributed by atoms with Crippen LogP contribution in [0.1, 0.15) is 16.8 Å². The zero-order valence-electron chi connectivity index (χ0n) is 17.2. The lowest BCUT2D eigenvalue weighted by Crippen LogP contribution is -2.37. The molecule has 1 aliphatic rings. The maximum absolute atomic E-state index is 12.4.